The van der Waals surface area contributed by atoms with Crippen LogP contribution in [0.3, 0.4) is 0 Å². The highest BCUT2D eigenvalue weighted by molar-refractivity contribution is 5.72. The molecule has 4 heteroatoms. The molecule has 3 fully saturated rings. The Balaban J connectivity index is -0.000000111. The van der Waals surface area contributed by atoms with Crippen molar-refractivity contribution in [2.24, 2.45) is 17.8 Å². The zero-order valence-electron chi connectivity index (χ0n) is 26.2. The van der Waals surface area contributed by atoms with E-state index in [0.717, 1.165) is 24.7 Å². The largest absolute Gasteiger partial charge is 0.481 e. The monoisotopic (exact) mass is 531 g/mol. The van der Waals surface area contributed by atoms with Crippen molar-refractivity contribution in [1.82, 2.24) is 0 Å². The lowest BCUT2D eigenvalue weighted by Gasteiger charge is -2.24. The number of hydrogen-bond donors (Lipinski definition) is 1. The van der Waals surface area contributed by atoms with Gasteiger partial charge in [0.05, 0.1) is 0 Å². The van der Waals surface area contributed by atoms with Crippen molar-refractivity contribution < 1.29 is 19.5 Å². The van der Waals surface area contributed by atoms with Crippen molar-refractivity contribution in [2.75, 3.05) is 0 Å². The highest BCUT2D eigenvalue weighted by atomic mass is 16.4. The van der Waals surface area contributed by atoms with Gasteiger partial charge in [-0.3, -0.25) is 4.79 Å². The van der Waals surface area contributed by atoms with Gasteiger partial charge in [-0.2, -0.15) is 0 Å². The predicted octanol–water partition coefficient (Wildman–Crippen LogP) is 11.1. The molecule has 3 rings (SSSR count). The summed E-state index contributed by atoms with van der Waals surface area (Å²) in [5, 5.41) is 7.42. The molecule has 0 unspecified atom stereocenters. The van der Waals surface area contributed by atoms with E-state index in [-0.39, 0.29) is 19.0 Å². The smallest absolute Gasteiger partial charge is 0.300 e. The molecule has 0 radical (unpaired) electrons. The van der Waals surface area contributed by atoms with Gasteiger partial charge in [0.15, 0.2) is 0 Å². The molecule has 1 N–H and O–H groups in total. The Morgan fingerprint density at radius 3 is 0.892 bits per heavy atom. The third kappa shape index (κ3) is 60.9. The topological polar surface area (TPSA) is 71.4 Å². The molecule has 0 amide bonds. The molecule has 0 spiro atoms. The number of ketones is 2. The molecule has 226 valence electrons. The first-order valence-corrected chi connectivity index (χ1v) is 15.0. The third-order valence-electron chi connectivity index (χ3n) is 5.78. The summed E-state index contributed by atoms with van der Waals surface area (Å²) in [6, 6.07) is 0. The van der Waals surface area contributed by atoms with Crippen LogP contribution in [0.15, 0.2) is 0 Å². The van der Waals surface area contributed by atoms with Crippen LogP contribution in [-0.2, 0) is 14.4 Å². The minimum Gasteiger partial charge on any atom is -0.481 e. The summed E-state index contributed by atoms with van der Waals surface area (Å²) in [5.41, 5.74) is 0. The highest BCUT2D eigenvalue weighted by Crippen LogP contribution is 2.31. The molecular formula is C33H70O4. The SMILES string of the molecule is C.CC(=O)O.CC(C)=O.CC(C)=O.CC1CCC1.CCC.CCCCC1CCC1.CCCCC1CCC1. The maximum atomic E-state index is 9.44. The number of carboxylic acids is 1. The van der Waals surface area contributed by atoms with Crippen LogP contribution in [0.1, 0.15) is 179 Å². The Kier molecular flexibility index (Phi) is 45.7. The second-order valence-electron chi connectivity index (χ2n) is 11.0. The molecule has 0 bridgehead atoms. The number of carboxylic acid groups (broad SMARTS) is 1. The fourth-order valence-electron chi connectivity index (χ4n) is 3.16. The van der Waals surface area contributed by atoms with Gasteiger partial charge in [0.2, 0.25) is 0 Å². The minimum absolute atomic E-state index is 0. The fraction of sp³-hybridized carbons (Fsp3) is 0.909. The number of unbranched alkanes of at least 4 members (excludes halogenated alkanes) is 2. The molecule has 3 aliphatic rings. The van der Waals surface area contributed by atoms with Crippen LogP contribution in [0.2, 0.25) is 0 Å². The van der Waals surface area contributed by atoms with E-state index < -0.39 is 5.97 Å². The van der Waals surface area contributed by atoms with Gasteiger partial charge in [-0.05, 0) is 45.4 Å². The Labute approximate surface area is 234 Å². The number of hydrogen-bond acceptors (Lipinski definition) is 3. The van der Waals surface area contributed by atoms with Crippen LogP contribution in [0.25, 0.3) is 0 Å². The van der Waals surface area contributed by atoms with E-state index in [0.29, 0.717) is 0 Å². The first-order chi connectivity index (χ1) is 16.9. The van der Waals surface area contributed by atoms with Crippen LogP contribution < -0.4 is 0 Å². The maximum Gasteiger partial charge on any atom is 0.300 e. The molecule has 37 heavy (non-hydrogen) atoms. The molecule has 0 aromatic heterocycles. The summed E-state index contributed by atoms with van der Waals surface area (Å²) < 4.78 is 0. The standard InChI is InChI=1S/2C8H16.C5H10.2C3H6O.C3H8.C2H4O2.CH4/c2*1-2-3-5-8-6-4-7-8;1-5-3-2-4-5;2*1-3(2)4;1-3-2;1-2(3)4;/h2*8H,2-7H2,1H3;5H,2-4H2,1H3;2*1-2H3;3H2,1-2H3;1H3,(H,3,4);1H4. The fourth-order valence-corrected chi connectivity index (χ4v) is 3.16. The van der Waals surface area contributed by atoms with Crippen LogP contribution >= 0.6 is 0 Å². The minimum atomic E-state index is -0.833. The molecule has 0 aliphatic heterocycles. The predicted molar refractivity (Wildman–Crippen MR) is 165 cm³/mol. The first kappa shape index (κ1) is 45.7. The molecule has 0 atom stereocenters. The second kappa shape index (κ2) is 37.0. The van der Waals surface area contributed by atoms with E-state index in [1.165, 1.54) is 130 Å². The van der Waals surface area contributed by atoms with Crippen LogP contribution in [0, 0.1) is 17.8 Å². The van der Waals surface area contributed by atoms with Gasteiger partial charge in [-0.1, -0.05) is 145 Å². The summed E-state index contributed by atoms with van der Waals surface area (Å²) >= 11 is 0. The average molecular weight is 531 g/mol. The van der Waals surface area contributed by atoms with E-state index in [1.54, 1.807) is 0 Å². The maximum absolute atomic E-state index is 9.44. The Morgan fingerprint density at radius 1 is 0.622 bits per heavy atom. The Bertz CT molecular complexity index is 402. The summed E-state index contributed by atoms with van der Waals surface area (Å²) in [6.07, 6.45) is 23.6. The van der Waals surface area contributed by atoms with Gasteiger partial charge in [-0.15, -0.1) is 0 Å². The Hall–Kier alpha value is -1.19. The molecule has 3 aliphatic carbocycles. The van der Waals surface area contributed by atoms with E-state index in [2.05, 4.69) is 34.6 Å². The van der Waals surface area contributed by atoms with E-state index in [1.807, 2.05) is 0 Å². The normalized spacial score (nSPS) is 15.0. The van der Waals surface area contributed by atoms with Gasteiger partial charge in [-0.25, -0.2) is 0 Å². The lowest BCUT2D eigenvalue weighted by Crippen LogP contribution is -2.09. The van der Waals surface area contributed by atoms with Crippen molar-refractivity contribution >= 4 is 17.5 Å². The first-order valence-electron chi connectivity index (χ1n) is 15.0. The van der Waals surface area contributed by atoms with Gasteiger partial charge in [0, 0.05) is 6.92 Å². The summed E-state index contributed by atoms with van der Waals surface area (Å²) in [5.74, 6) is 2.83. The molecule has 3 saturated carbocycles. The van der Waals surface area contributed by atoms with Gasteiger partial charge >= 0.3 is 0 Å². The molecule has 0 saturated heterocycles. The van der Waals surface area contributed by atoms with Crippen molar-refractivity contribution in [3.05, 3.63) is 0 Å². The quantitative estimate of drug-likeness (QED) is 0.370. The van der Waals surface area contributed by atoms with Crippen LogP contribution in [0.5, 0.6) is 0 Å². The van der Waals surface area contributed by atoms with Gasteiger partial charge in [0.1, 0.15) is 11.6 Å². The Morgan fingerprint density at radius 2 is 0.811 bits per heavy atom. The molecular weight excluding hydrogens is 460 g/mol. The summed E-state index contributed by atoms with van der Waals surface area (Å²) in [6.45, 7) is 18.3. The van der Waals surface area contributed by atoms with Crippen molar-refractivity contribution in [2.45, 2.75) is 179 Å². The third-order valence-corrected chi connectivity index (χ3v) is 5.78. The van der Waals surface area contributed by atoms with Crippen LogP contribution in [0.4, 0.5) is 0 Å². The van der Waals surface area contributed by atoms with Crippen molar-refractivity contribution in [3.8, 4) is 0 Å². The zero-order valence-corrected chi connectivity index (χ0v) is 26.2. The van der Waals surface area contributed by atoms with Crippen molar-refractivity contribution in [3.63, 3.8) is 0 Å². The lowest BCUT2D eigenvalue weighted by atomic mass is 9.82. The van der Waals surface area contributed by atoms with E-state index >= 15 is 0 Å². The van der Waals surface area contributed by atoms with Crippen molar-refractivity contribution in [1.29, 1.82) is 0 Å². The number of Topliss-reactive ketones (excluding diaryl/α,β-unsaturated/α-hetero) is 2. The molecule has 0 aromatic carbocycles. The highest BCUT2D eigenvalue weighted by Gasteiger charge is 2.16. The van der Waals surface area contributed by atoms with Gasteiger partial charge < -0.3 is 14.7 Å². The number of carbonyl (C=O) groups is 3. The average Bonchev–Trinajstić information content (AvgIpc) is 2.65. The number of carbonyl (C=O) groups excluding carboxylic acids is 2. The summed E-state index contributed by atoms with van der Waals surface area (Å²) in [4.78, 5) is 27.9. The molecule has 0 heterocycles. The second-order valence-corrected chi connectivity index (χ2v) is 11.0. The number of rotatable bonds is 6. The van der Waals surface area contributed by atoms with E-state index in [9.17, 15) is 9.59 Å². The van der Waals surface area contributed by atoms with Gasteiger partial charge in [0.25, 0.3) is 5.97 Å². The summed E-state index contributed by atoms with van der Waals surface area (Å²) in [7, 11) is 0. The zero-order chi connectivity index (χ0) is 28.8. The number of aliphatic carboxylic acids is 1. The van der Waals surface area contributed by atoms with Crippen LogP contribution in [-0.4, -0.2) is 22.6 Å². The lowest BCUT2D eigenvalue weighted by molar-refractivity contribution is -0.134. The molecule has 4 nitrogen and oxygen atoms in total. The van der Waals surface area contributed by atoms with E-state index in [4.69, 9.17) is 9.90 Å². The molecule has 0 aromatic rings.